The molecule has 2 amide bonds. The van der Waals surface area contributed by atoms with Crippen LogP contribution in [0, 0.1) is 17.8 Å². The molecule has 8 heteroatoms. The van der Waals surface area contributed by atoms with Crippen molar-refractivity contribution in [3.05, 3.63) is 0 Å². The Morgan fingerprint density at radius 2 is 1.81 bits per heavy atom. The summed E-state index contributed by atoms with van der Waals surface area (Å²) < 4.78 is 0. The second-order valence-electron chi connectivity index (χ2n) is 7.47. The Morgan fingerprint density at radius 1 is 1.19 bits per heavy atom. The largest absolute Gasteiger partial charge is 0.548 e. The number of thioether (sulfide) groups is 1. The molecule has 0 aromatic carbocycles. The molecule has 2 atom stereocenters. The fourth-order valence-corrected chi connectivity index (χ4v) is 3.55. The lowest BCUT2D eigenvalue weighted by Gasteiger charge is -2.29. The summed E-state index contributed by atoms with van der Waals surface area (Å²) in [5.41, 5.74) is 3.88. The first kappa shape index (κ1) is 22.8. The van der Waals surface area contributed by atoms with Crippen LogP contribution in [0.2, 0.25) is 0 Å². The summed E-state index contributed by atoms with van der Waals surface area (Å²) in [5, 5.41) is 16.7. The van der Waals surface area contributed by atoms with E-state index in [1.54, 1.807) is 11.8 Å². The Bertz CT molecular complexity index is 479. The Hall–Kier alpha value is -1.28. The van der Waals surface area contributed by atoms with Gasteiger partial charge in [-0.2, -0.15) is 11.8 Å². The van der Waals surface area contributed by atoms with Crippen molar-refractivity contribution in [2.24, 2.45) is 17.8 Å². The number of carbonyl (C=O) groups excluding carboxylic acids is 3. The summed E-state index contributed by atoms with van der Waals surface area (Å²) in [6.07, 6.45) is 5.40. The highest BCUT2D eigenvalue weighted by Crippen LogP contribution is 2.28. The molecular weight excluding hydrogens is 354 g/mol. The Morgan fingerprint density at radius 3 is 2.31 bits per heavy atom. The maximum Gasteiger partial charge on any atom is 0.278 e. The second-order valence-corrected chi connectivity index (χ2v) is 8.46. The average molecular weight is 388 g/mol. The maximum atomic E-state index is 12.3. The molecule has 0 aromatic heterocycles. The van der Waals surface area contributed by atoms with Crippen molar-refractivity contribution in [2.45, 2.75) is 58.0 Å². The van der Waals surface area contributed by atoms with Crippen molar-refractivity contribution in [1.82, 2.24) is 10.6 Å². The lowest BCUT2D eigenvalue weighted by atomic mass is 9.81. The molecule has 1 rings (SSSR count). The van der Waals surface area contributed by atoms with Gasteiger partial charge in [-0.1, -0.05) is 13.8 Å². The van der Waals surface area contributed by atoms with Crippen LogP contribution in [0.3, 0.4) is 0 Å². The van der Waals surface area contributed by atoms with Crippen molar-refractivity contribution < 1.29 is 25.2 Å². The van der Waals surface area contributed by atoms with Gasteiger partial charge in [0.2, 0.25) is 5.91 Å². The molecule has 1 fully saturated rings. The summed E-state index contributed by atoms with van der Waals surface area (Å²) in [5.74, 6) is -0.375. The minimum atomic E-state index is -1.23. The molecule has 150 valence electrons. The quantitative estimate of drug-likeness (QED) is 0.451. The molecule has 26 heavy (non-hydrogen) atoms. The van der Waals surface area contributed by atoms with Crippen LogP contribution in [-0.4, -0.2) is 48.4 Å². The lowest BCUT2D eigenvalue weighted by Crippen LogP contribution is -2.70. The first-order valence-electron chi connectivity index (χ1n) is 9.37. The topological polar surface area (TPSA) is 126 Å². The van der Waals surface area contributed by atoms with Crippen LogP contribution in [0.1, 0.15) is 46.0 Å². The van der Waals surface area contributed by atoms with Gasteiger partial charge in [-0.25, -0.2) is 0 Å². The molecule has 0 aliphatic heterocycles. The number of carboxylic acid groups (broad SMARTS) is 1. The van der Waals surface area contributed by atoms with E-state index in [1.165, 1.54) is 0 Å². The first-order valence-corrected chi connectivity index (χ1v) is 10.8. The van der Waals surface area contributed by atoms with Crippen molar-refractivity contribution in [1.29, 1.82) is 0 Å². The molecule has 0 bridgehead atoms. The van der Waals surface area contributed by atoms with E-state index in [1.807, 2.05) is 20.1 Å². The molecule has 5 N–H and O–H groups in total. The van der Waals surface area contributed by atoms with Gasteiger partial charge in [0.25, 0.3) is 5.91 Å². The van der Waals surface area contributed by atoms with Gasteiger partial charge in [0.1, 0.15) is 0 Å². The van der Waals surface area contributed by atoms with Gasteiger partial charge in [-0.05, 0) is 50.0 Å². The van der Waals surface area contributed by atoms with E-state index < -0.39 is 12.0 Å². The van der Waals surface area contributed by atoms with Crippen LogP contribution in [0.15, 0.2) is 0 Å². The van der Waals surface area contributed by atoms with E-state index in [0.29, 0.717) is 37.5 Å². The highest BCUT2D eigenvalue weighted by Gasteiger charge is 2.29. The number of amides is 2. The normalized spacial score (nSPS) is 22.5. The molecule has 0 aromatic rings. The second kappa shape index (κ2) is 11.4. The molecule has 0 unspecified atom stereocenters. The minimum absolute atomic E-state index is 0.0227. The number of quaternary nitrogens is 1. The zero-order valence-electron chi connectivity index (χ0n) is 16.1. The van der Waals surface area contributed by atoms with Crippen molar-refractivity contribution in [3.8, 4) is 0 Å². The Kier molecular flexibility index (Phi) is 10.0. The molecule has 7 nitrogen and oxygen atoms in total. The molecule has 1 aliphatic carbocycles. The van der Waals surface area contributed by atoms with E-state index in [2.05, 4.69) is 16.4 Å². The molecule has 0 spiro atoms. The summed E-state index contributed by atoms with van der Waals surface area (Å²) in [4.78, 5) is 35.4. The molecule has 0 radical (unpaired) electrons. The summed E-state index contributed by atoms with van der Waals surface area (Å²) in [6, 6.07) is -1.17. The van der Waals surface area contributed by atoms with Crippen molar-refractivity contribution in [2.75, 3.05) is 18.6 Å². The van der Waals surface area contributed by atoms with Gasteiger partial charge < -0.3 is 26.3 Å². The van der Waals surface area contributed by atoms with E-state index in [4.69, 9.17) is 0 Å². The third-order valence-corrected chi connectivity index (χ3v) is 5.78. The Labute approximate surface area is 160 Å². The molecule has 1 saturated carbocycles. The fourth-order valence-electron chi connectivity index (χ4n) is 3.08. The molecule has 0 heterocycles. The lowest BCUT2D eigenvalue weighted by molar-refractivity contribution is -0.414. The van der Waals surface area contributed by atoms with E-state index >= 15 is 0 Å². The van der Waals surface area contributed by atoms with Crippen molar-refractivity contribution >= 4 is 29.5 Å². The molecule has 0 saturated heterocycles. The van der Waals surface area contributed by atoms with E-state index in [-0.39, 0.29) is 29.7 Å². The third kappa shape index (κ3) is 7.53. The summed E-state index contributed by atoms with van der Waals surface area (Å²) in [6.45, 7) is 4.56. The fraction of sp³-hybridized carbons (Fsp3) is 0.833. The van der Waals surface area contributed by atoms with Gasteiger partial charge in [0.05, 0.1) is 12.0 Å². The number of carboxylic acids is 1. The Balaban J connectivity index is 2.37. The zero-order valence-corrected chi connectivity index (χ0v) is 16.9. The van der Waals surface area contributed by atoms with Crippen LogP contribution < -0.4 is 21.5 Å². The summed E-state index contributed by atoms with van der Waals surface area (Å²) >= 11 is 1.54. The third-order valence-electron chi connectivity index (χ3n) is 5.14. The van der Waals surface area contributed by atoms with Crippen molar-refractivity contribution in [3.63, 3.8) is 0 Å². The van der Waals surface area contributed by atoms with E-state index in [0.717, 1.165) is 12.8 Å². The predicted octanol–water partition coefficient (Wildman–Crippen LogP) is -0.837. The smallest absolute Gasteiger partial charge is 0.278 e. The van der Waals surface area contributed by atoms with Crippen LogP contribution in [-0.2, 0) is 14.4 Å². The van der Waals surface area contributed by atoms with Gasteiger partial charge in [-0.3, -0.25) is 9.59 Å². The molecule has 1 aliphatic rings. The number of nitrogens with one attached hydrogen (secondary N) is 2. The van der Waals surface area contributed by atoms with Gasteiger partial charge >= 0.3 is 0 Å². The average Bonchev–Trinajstić information content (AvgIpc) is 2.62. The minimum Gasteiger partial charge on any atom is -0.548 e. The van der Waals surface area contributed by atoms with E-state index in [9.17, 15) is 19.5 Å². The SMILES string of the molecule is CSCC[C@@H](NC(=O)C1CCC(CNC(=O)[C@H]([NH3+])C(C)C)CC1)C(=O)[O-]. The standard InChI is InChI=1S/C18H33N3O4S/c1-11(2)15(19)17(23)20-10-12-4-6-13(7-5-12)16(22)21-14(18(24)25)8-9-26-3/h11-15H,4-10,19H2,1-3H3,(H,20,23)(H,21,22)(H,24,25)/t12?,13?,14-,15-/m1/s1. The number of hydrogen-bond donors (Lipinski definition) is 3. The highest BCUT2D eigenvalue weighted by atomic mass is 32.2. The number of rotatable bonds is 10. The zero-order chi connectivity index (χ0) is 19.7. The molecular formula is C18H33N3O4S. The maximum absolute atomic E-state index is 12.3. The highest BCUT2D eigenvalue weighted by molar-refractivity contribution is 7.98. The first-order chi connectivity index (χ1) is 12.3. The number of aliphatic carboxylic acids is 1. The van der Waals surface area contributed by atoms with Gasteiger partial charge in [0, 0.05) is 18.4 Å². The van der Waals surface area contributed by atoms with Gasteiger partial charge in [-0.15, -0.1) is 0 Å². The van der Waals surface area contributed by atoms with Gasteiger partial charge in [0.15, 0.2) is 6.04 Å². The van der Waals surface area contributed by atoms with Crippen LogP contribution in [0.25, 0.3) is 0 Å². The number of hydrogen-bond acceptors (Lipinski definition) is 5. The predicted molar refractivity (Wildman–Crippen MR) is 99.9 cm³/mol. The summed E-state index contributed by atoms with van der Waals surface area (Å²) in [7, 11) is 0. The number of carbonyl (C=O) groups is 3. The van der Waals surface area contributed by atoms with Crippen LogP contribution >= 0.6 is 11.8 Å². The monoisotopic (exact) mass is 387 g/mol. The van der Waals surface area contributed by atoms with Crippen LogP contribution in [0.5, 0.6) is 0 Å². The van der Waals surface area contributed by atoms with Crippen LogP contribution in [0.4, 0.5) is 0 Å².